The van der Waals surface area contributed by atoms with Gasteiger partial charge in [0.15, 0.2) is 11.5 Å². The summed E-state index contributed by atoms with van der Waals surface area (Å²) in [6.45, 7) is 6.25. The van der Waals surface area contributed by atoms with Crippen LogP contribution in [-0.2, 0) is 16.0 Å². The van der Waals surface area contributed by atoms with Crippen molar-refractivity contribution in [3.8, 4) is 28.4 Å². The van der Waals surface area contributed by atoms with Gasteiger partial charge < -0.3 is 30.2 Å². The van der Waals surface area contributed by atoms with Crippen molar-refractivity contribution < 1.29 is 23.8 Å². The second-order valence-electron chi connectivity index (χ2n) is 12.7. The zero-order valence-electron chi connectivity index (χ0n) is 26.6. The third kappa shape index (κ3) is 6.42. The van der Waals surface area contributed by atoms with Crippen LogP contribution in [0.3, 0.4) is 0 Å². The fourth-order valence-corrected chi connectivity index (χ4v) is 7.20. The van der Waals surface area contributed by atoms with E-state index in [1.54, 1.807) is 33.5 Å². The normalized spacial score (nSPS) is 22.0. The molecule has 3 aliphatic carbocycles. The van der Waals surface area contributed by atoms with Crippen molar-refractivity contribution in [2.45, 2.75) is 65.0 Å². The summed E-state index contributed by atoms with van der Waals surface area (Å²) < 4.78 is 17.2. The van der Waals surface area contributed by atoms with Crippen LogP contribution >= 0.6 is 0 Å². The molecule has 0 aromatic heterocycles. The summed E-state index contributed by atoms with van der Waals surface area (Å²) in [5, 5.41) is 9.51. The smallest absolute Gasteiger partial charge is 0.242 e. The highest BCUT2D eigenvalue weighted by Crippen LogP contribution is 2.50. The zero-order valence-corrected chi connectivity index (χ0v) is 26.6. The van der Waals surface area contributed by atoms with Crippen LogP contribution in [0.1, 0.15) is 63.6 Å². The SMILES string of the molecule is COc1cc2c(c(OC)c1OC)-c1ccc(NC(CC(C)C)C(=O)NCC3CC4C=CC3C4)c(=O)cc1C(NC(C)=O)CC2. The topological polar surface area (TPSA) is 115 Å². The number of methoxy groups -OCH3 is 3. The second-order valence-corrected chi connectivity index (χ2v) is 12.7. The first-order chi connectivity index (χ1) is 21.1. The molecule has 5 atom stereocenters. The highest BCUT2D eigenvalue weighted by Gasteiger charge is 2.36. The maximum atomic E-state index is 13.8. The van der Waals surface area contributed by atoms with Crippen LogP contribution in [0.5, 0.6) is 17.2 Å². The molecule has 2 bridgehead atoms. The van der Waals surface area contributed by atoms with Gasteiger partial charge >= 0.3 is 0 Å². The van der Waals surface area contributed by atoms with E-state index in [1.807, 2.05) is 12.1 Å². The standard InChI is InChI=1S/C35H45N3O6/c1-19(2)13-29(35(41)36-18-24-15-21-7-8-22(24)14-21)38-28-12-10-25-26(17-30(28)40)27(37-20(3)39)11-9-23-16-31(42-4)33(43-5)34(44-6)32(23)25/h7-8,10,12,16-17,19,21-22,24,27,29H,9,11,13-15,18H2,1-6H3,(H,36,41)(H,37,39)(H,38,40). The first-order valence-corrected chi connectivity index (χ1v) is 15.6. The molecule has 5 rings (SSSR count). The Bertz CT molecular complexity index is 1500. The van der Waals surface area contributed by atoms with Gasteiger partial charge in [-0.2, -0.15) is 0 Å². The van der Waals surface area contributed by atoms with Crippen molar-refractivity contribution in [3.05, 3.63) is 57.8 Å². The van der Waals surface area contributed by atoms with Crippen LogP contribution in [0.4, 0.5) is 5.69 Å². The lowest BCUT2D eigenvalue weighted by atomic mass is 9.93. The average molecular weight is 604 g/mol. The number of fused-ring (bicyclic) bond motifs is 5. The van der Waals surface area contributed by atoms with E-state index < -0.39 is 12.1 Å². The largest absolute Gasteiger partial charge is 0.493 e. The van der Waals surface area contributed by atoms with E-state index in [0.717, 1.165) is 23.1 Å². The molecule has 44 heavy (non-hydrogen) atoms. The molecule has 0 aliphatic heterocycles. The third-order valence-corrected chi connectivity index (χ3v) is 9.22. The molecule has 1 fully saturated rings. The number of carbonyl (C=O) groups excluding carboxylic acids is 2. The second kappa shape index (κ2) is 13.3. The van der Waals surface area contributed by atoms with Crippen molar-refractivity contribution in [2.75, 3.05) is 33.2 Å². The zero-order chi connectivity index (χ0) is 31.5. The Kier molecular flexibility index (Phi) is 9.51. The molecule has 9 nitrogen and oxygen atoms in total. The van der Waals surface area contributed by atoms with Gasteiger partial charge in [-0.25, -0.2) is 0 Å². The summed E-state index contributed by atoms with van der Waals surface area (Å²) in [4.78, 5) is 39.6. The number of allylic oxidation sites excluding steroid dienone is 2. The van der Waals surface area contributed by atoms with E-state index in [-0.39, 0.29) is 23.2 Å². The van der Waals surface area contributed by atoms with Crippen molar-refractivity contribution in [2.24, 2.45) is 23.7 Å². The summed E-state index contributed by atoms with van der Waals surface area (Å²) in [7, 11) is 4.71. The van der Waals surface area contributed by atoms with E-state index in [0.29, 0.717) is 72.1 Å². The quantitative estimate of drug-likeness (QED) is 0.309. The fourth-order valence-electron chi connectivity index (χ4n) is 7.20. The predicted molar refractivity (Wildman–Crippen MR) is 171 cm³/mol. The molecule has 1 saturated carbocycles. The number of amides is 2. The monoisotopic (exact) mass is 603 g/mol. The molecule has 0 radical (unpaired) electrons. The molecule has 2 aromatic rings. The number of hydrogen-bond donors (Lipinski definition) is 3. The van der Waals surface area contributed by atoms with Gasteiger partial charge in [0, 0.05) is 19.0 Å². The van der Waals surface area contributed by atoms with E-state index in [1.165, 1.54) is 13.3 Å². The highest BCUT2D eigenvalue weighted by molar-refractivity contribution is 5.86. The molecule has 5 unspecified atom stereocenters. The van der Waals surface area contributed by atoms with Crippen molar-refractivity contribution in [1.29, 1.82) is 0 Å². The van der Waals surface area contributed by atoms with Crippen LogP contribution < -0.4 is 35.6 Å². The fraction of sp³-hybridized carbons (Fsp3) is 0.514. The van der Waals surface area contributed by atoms with Gasteiger partial charge in [0.05, 0.1) is 33.1 Å². The van der Waals surface area contributed by atoms with Gasteiger partial charge in [0.2, 0.25) is 23.0 Å². The lowest BCUT2D eigenvalue weighted by molar-refractivity contribution is -0.122. The van der Waals surface area contributed by atoms with Crippen LogP contribution in [0.15, 0.2) is 41.2 Å². The Balaban J connectivity index is 1.53. The Labute approximate surface area is 259 Å². The van der Waals surface area contributed by atoms with E-state index in [4.69, 9.17) is 14.2 Å². The average Bonchev–Trinajstić information content (AvgIpc) is 3.55. The number of ether oxygens (including phenoxy) is 3. The maximum absolute atomic E-state index is 13.8. The highest BCUT2D eigenvalue weighted by atomic mass is 16.5. The molecular weight excluding hydrogens is 558 g/mol. The lowest BCUT2D eigenvalue weighted by Crippen LogP contribution is -2.43. The van der Waals surface area contributed by atoms with Crippen molar-refractivity contribution in [3.63, 3.8) is 0 Å². The number of rotatable bonds is 11. The summed E-state index contributed by atoms with van der Waals surface area (Å²) >= 11 is 0. The minimum Gasteiger partial charge on any atom is -0.493 e. The van der Waals surface area contributed by atoms with Gasteiger partial charge in [0.1, 0.15) is 6.04 Å². The third-order valence-electron chi connectivity index (χ3n) is 9.22. The summed E-state index contributed by atoms with van der Waals surface area (Å²) in [6, 6.07) is 6.13. The molecule has 2 aromatic carbocycles. The van der Waals surface area contributed by atoms with Gasteiger partial charge in [-0.3, -0.25) is 14.4 Å². The molecule has 9 heteroatoms. The summed E-state index contributed by atoms with van der Waals surface area (Å²) in [5.74, 6) is 3.07. The van der Waals surface area contributed by atoms with Crippen LogP contribution in [-0.4, -0.2) is 45.7 Å². The molecule has 236 valence electrons. The Hall–Kier alpha value is -4.01. The van der Waals surface area contributed by atoms with Crippen LogP contribution in [0.2, 0.25) is 0 Å². The molecule has 3 aliphatic rings. The first-order valence-electron chi connectivity index (χ1n) is 15.6. The van der Waals surface area contributed by atoms with Gasteiger partial charge in [-0.15, -0.1) is 0 Å². The Morgan fingerprint density at radius 3 is 2.39 bits per heavy atom. The van der Waals surface area contributed by atoms with Gasteiger partial charge in [-0.05, 0) is 90.7 Å². The molecule has 0 heterocycles. The van der Waals surface area contributed by atoms with Crippen molar-refractivity contribution >= 4 is 17.5 Å². The van der Waals surface area contributed by atoms with E-state index in [9.17, 15) is 14.4 Å². The molecule has 2 amide bonds. The van der Waals surface area contributed by atoms with Gasteiger partial charge in [-0.1, -0.05) is 32.1 Å². The molecule has 0 spiro atoms. The van der Waals surface area contributed by atoms with Crippen molar-refractivity contribution in [1.82, 2.24) is 10.6 Å². The Morgan fingerprint density at radius 2 is 1.77 bits per heavy atom. The number of benzene rings is 1. The number of nitrogens with one attached hydrogen (secondary N) is 3. The van der Waals surface area contributed by atoms with E-state index >= 15 is 0 Å². The number of aryl methyl sites for hydroxylation is 1. The molecule has 0 saturated heterocycles. The molecular formula is C35H45N3O6. The minimum atomic E-state index is -0.573. The van der Waals surface area contributed by atoms with Crippen LogP contribution in [0, 0.1) is 23.7 Å². The van der Waals surface area contributed by atoms with Crippen LogP contribution in [0.25, 0.3) is 11.1 Å². The lowest BCUT2D eigenvalue weighted by Gasteiger charge is -2.23. The van der Waals surface area contributed by atoms with E-state index in [2.05, 4.69) is 41.9 Å². The summed E-state index contributed by atoms with van der Waals surface area (Å²) in [5.41, 5.74) is 3.22. The Morgan fingerprint density at radius 1 is 1.00 bits per heavy atom. The minimum absolute atomic E-state index is 0.0992. The maximum Gasteiger partial charge on any atom is 0.242 e. The molecule has 3 N–H and O–H groups in total. The number of anilines is 1. The van der Waals surface area contributed by atoms with Gasteiger partial charge in [0.25, 0.3) is 0 Å². The first kappa shape index (κ1) is 31.4. The number of hydrogen-bond acceptors (Lipinski definition) is 7. The number of carbonyl (C=O) groups is 2. The summed E-state index contributed by atoms with van der Waals surface area (Å²) in [6.07, 6.45) is 8.65. The predicted octanol–water partition coefficient (Wildman–Crippen LogP) is 5.02.